The van der Waals surface area contributed by atoms with Gasteiger partial charge < -0.3 is 15.1 Å². The van der Waals surface area contributed by atoms with Crippen LogP contribution in [0.2, 0.25) is 0 Å². The Kier molecular flexibility index (Phi) is 3.98. The van der Waals surface area contributed by atoms with Crippen LogP contribution in [0.5, 0.6) is 0 Å². The molecule has 0 radical (unpaired) electrons. The van der Waals surface area contributed by atoms with Crippen molar-refractivity contribution in [2.75, 3.05) is 25.5 Å². The van der Waals surface area contributed by atoms with Crippen LogP contribution in [0.15, 0.2) is 22.6 Å². The van der Waals surface area contributed by atoms with Gasteiger partial charge in [-0.3, -0.25) is 0 Å². The van der Waals surface area contributed by atoms with E-state index in [4.69, 9.17) is 4.42 Å². The van der Waals surface area contributed by atoms with Crippen molar-refractivity contribution >= 4 is 16.8 Å². The topological polar surface area (TPSA) is 50.1 Å². The molecule has 4 nitrogen and oxygen atoms in total. The van der Waals surface area contributed by atoms with Crippen molar-refractivity contribution < 1.29 is 4.42 Å². The van der Waals surface area contributed by atoms with Gasteiger partial charge in [-0.15, -0.1) is 0 Å². The van der Waals surface area contributed by atoms with E-state index < -0.39 is 0 Å². The zero-order valence-corrected chi connectivity index (χ0v) is 10.4. The first-order valence-electron chi connectivity index (χ1n) is 6.05. The highest BCUT2D eigenvalue weighted by molar-refractivity contribution is 5.77. The molecule has 1 heterocycles. The van der Waals surface area contributed by atoms with Gasteiger partial charge in [0, 0.05) is 25.2 Å². The number of unbranched alkanes of at least 4 members (excludes halogenated alkanes) is 1. The van der Waals surface area contributed by atoms with E-state index >= 15 is 0 Å². The van der Waals surface area contributed by atoms with Crippen molar-refractivity contribution in [3.05, 3.63) is 24.1 Å². The van der Waals surface area contributed by atoms with Crippen molar-refractivity contribution in [2.45, 2.75) is 19.8 Å². The van der Waals surface area contributed by atoms with E-state index in [-0.39, 0.29) is 0 Å². The summed E-state index contributed by atoms with van der Waals surface area (Å²) in [4.78, 5) is 4.27. The van der Waals surface area contributed by atoms with Gasteiger partial charge in [-0.2, -0.15) is 0 Å². The summed E-state index contributed by atoms with van der Waals surface area (Å²) in [6.07, 6.45) is 2.35. The Morgan fingerprint density at radius 3 is 2.88 bits per heavy atom. The summed E-state index contributed by atoms with van der Waals surface area (Å²) in [7, 11) is 1.98. The fourth-order valence-corrected chi connectivity index (χ4v) is 1.81. The molecule has 0 fully saturated rings. The van der Waals surface area contributed by atoms with E-state index in [9.17, 15) is 0 Å². The molecule has 0 bridgehead atoms. The minimum atomic E-state index is 0.714. The lowest BCUT2D eigenvalue weighted by molar-refractivity contribution is 0.561. The van der Waals surface area contributed by atoms with Gasteiger partial charge in [0.05, 0.1) is 0 Å². The monoisotopic (exact) mass is 233 g/mol. The van der Waals surface area contributed by atoms with Crippen molar-refractivity contribution in [3.8, 4) is 0 Å². The Bertz CT molecular complexity index is 478. The highest BCUT2D eigenvalue weighted by Crippen LogP contribution is 2.19. The van der Waals surface area contributed by atoms with E-state index in [2.05, 4.69) is 15.6 Å². The Hall–Kier alpha value is -1.55. The van der Waals surface area contributed by atoms with Gasteiger partial charge in [-0.25, -0.2) is 4.98 Å². The summed E-state index contributed by atoms with van der Waals surface area (Å²) in [5, 5.41) is 6.53. The molecule has 0 aliphatic carbocycles. The summed E-state index contributed by atoms with van der Waals surface area (Å²) < 4.78 is 5.49. The smallest absolute Gasteiger partial charge is 0.192 e. The van der Waals surface area contributed by atoms with Crippen molar-refractivity contribution in [3.63, 3.8) is 0 Å². The molecule has 1 aromatic carbocycles. The number of oxazole rings is 1. The molecular formula is C13H19N3O. The average molecular weight is 233 g/mol. The second-order valence-electron chi connectivity index (χ2n) is 4.15. The number of hydrogen-bond acceptors (Lipinski definition) is 4. The SMILES string of the molecule is CNCCCCNc1ccc2nc(C)oc2c1. The highest BCUT2D eigenvalue weighted by atomic mass is 16.3. The first-order valence-corrected chi connectivity index (χ1v) is 6.05. The van der Waals surface area contributed by atoms with E-state index in [1.165, 1.54) is 6.42 Å². The lowest BCUT2D eigenvalue weighted by Crippen LogP contribution is -2.10. The summed E-state index contributed by atoms with van der Waals surface area (Å²) in [5.74, 6) is 0.714. The third-order valence-corrected chi connectivity index (χ3v) is 2.68. The molecule has 0 aliphatic rings. The van der Waals surface area contributed by atoms with Crippen molar-refractivity contribution in [1.29, 1.82) is 0 Å². The minimum Gasteiger partial charge on any atom is -0.441 e. The number of benzene rings is 1. The minimum absolute atomic E-state index is 0.714. The quantitative estimate of drug-likeness (QED) is 0.753. The van der Waals surface area contributed by atoms with Crippen LogP contribution in [0, 0.1) is 6.92 Å². The summed E-state index contributed by atoms with van der Waals surface area (Å²) in [5.41, 5.74) is 2.86. The summed E-state index contributed by atoms with van der Waals surface area (Å²) >= 11 is 0. The van der Waals surface area contributed by atoms with Crippen LogP contribution in [0.1, 0.15) is 18.7 Å². The molecule has 4 heteroatoms. The van der Waals surface area contributed by atoms with Gasteiger partial charge in [0.1, 0.15) is 5.52 Å². The maximum absolute atomic E-state index is 5.49. The van der Waals surface area contributed by atoms with Gasteiger partial charge in [0.25, 0.3) is 0 Å². The zero-order valence-electron chi connectivity index (χ0n) is 10.4. The standard InChI is InChI=1S/C13H19N3O/c1-10-16-12-6-5-11(9-13(12)17-10)15-8-4-3-7-14-2/h5-6,9,14-15H,3-4,7-8H2,1-2H3. The number of anilines is 1. The van der Waals surface area contributed by atoms with Gasteiger partial charge in [-0.05, 0) is 38.6 Å². The van der Waals surface area contributed by atoms with Crippen LogP contribution in [0.3, 0.4) is 0 Å². The third kappa shape index (κ3) is 3.20. The van der Waals surface area contributed by atoms with Crippen LogP contribution in [-0.4, -0.2) is 25.1 Å². The van der Waals surface area contributed by atoms with Crippen molar-refractivity contribution in [2.24, 2.45) is 0 Å². The molecule has 0 amide bonds. The van der Waals surface area contributed by atoms with Crippen LogP contribution in [0.25, 0.3) is 11.1 Å². The van der Waals surface area contributed by atoms with E-state index in [0.717, 1.165) is 36.3 Å². The largest absolute Gasteiger partial charge is 0.441 e. The van der Waals surface area contributed by atoms with Crippen molar-refractivity contribution in [1.82, 2.24) is 10.3 Å². The van der Waals surface area contributed by atoms with Gasteiger partial charge in [-0.1, -0.05) is 0 Å². The molecule has 2 rings (SSSR count). The molecule has 0 unspecified atom stereocenters. The molecule has 0 aliphatic heterocycles. The van der Waals surface area contributed by atoms with E-state index in [1.807, 2.05) is 32.2 Å². The summed E-state index contributed by atoms with van der Waals surface area (Å²) in [6, 6.07) is 6.04. The Morgan fingerprint density at radius 1 is 1.24 bits per heavy atom. The van der Waals surface area contributed by atoms with Crippen LogP contribution >= 0.6 is 0 Å². The fraction of sp³-hybridized carbons (Fsp3) is 0.462. The Morgan fingerprint density at radius 2 is 2.06 bits per heavy atom. The first kappa shape index (κ1) is 11.9. The third-order valence-electron chi connectivity index (χ3n) is 2.68. The maximum atomic E-state index is 5.49. The number of nitrogens with one attached hydrogen (secondary N) is 2. The molecule has 1 aromatic heterocycles. The van der Waals surface area contributed by atoms with E-state index in [1.54, 1.807) is 0 Å². The first-order chi connectivity index (χ1) is 8.29. The second-order valence-corrected chi connectivity index (χ2v) is 4.15. The lowest BCUT2D eigenvalue weighted by atomic mass is 10.2. The fourth-order valence-electron chi connectivity index (χ4n) is 1.81. The molecule has 17 heavy (non-hydrogen) atoms. The molecule has 0 spiro atoms. The van der Waals surface area contributed by atoms with Crippen LogP contribution in [0.4, 0.5) is 5.69 Å². The predicted octanol–water partition coefficient (Wildman–Crippen LogP) is 2.55. The number of hydrogen-bond donors (Lipinski definition) is 2. The number of fused-ring (bicyclic) bond motifs is 1. The molecule has 0 atom stereocenters. The number of aryl methyl sites for hydroxylation is 1. The Balaban J connectivity index is 1.90. The molecule has 2 aromatic rings. The normalized spacial score (nSPS) is 10.9. The van der Waals surface area contributed by atoms with Crippen LogP contribution < -0.4 is 10.6 Å². The summed E-state index contributed by atoms with van der Waals surface area (Å²) in [6.45, 7) is 3.92. The zero-order chi connectivity index (χ0) is 12.1. The molecule has 0 saturated carbocycles. The van der Waals surface area contributed by atoms with Gasteiger partial charge in [0.15, 0.2) is 11.5 Å². The molecule has 92 valence electrons. The van der Waals surface area contributed by atoms with Crippen LogP contribution in [-0.2, 0) is 0 Å². The molecule has 0 saturated heterocycles. The van der Waals surface area contributed by atoms with Gasteiger partial charge >= 0.3 is 0 Å². The van der Waals surface area contributed by atoms with E-state index in [0.29, 0.717) is 5.89 Å². The number of rotatable bonds is 6. The van der Waals surface area contributed by atoms with Gasteiger partial charge in [0.2, 0.25) is 0 Å². The number of aromatic nitrogens is 1. The highest BCUT2D eigenvalue weighted by Gasteiger charge is 2.02. The molecular weight excluding hydrogens is 214 g/mol. The Labute approximate surface area is 101 Å². The molecule has 2 N–H and O–H groups in total. The maximum Gasteiger partial charge on any atom is 0.192 e. The second kappa shape index (κ2) is 5.68. The average Bonchev–Trinajstić information content (AvgIpc) is 2.68. The lowest BCUT2D eigenvalue weighted by Gasteiger charge is -2.05. The number of nitrogens with zero attached hydrogens (tertiary/aromatic N) is 1. The predicted molar refractivity (Wildman–Crippen MR) is 70.4 cm³/mol.